The quantitative estimate of drug-likeness (QED) is 0.355. The first-order valence-corrected chi connectivity index (χ1v) is 6.87. The van der Waals surface area contributed by atoms with E-state index in [0.717, 1.165) is 11.0 Å². The summed E-state index contributed by atoms with van der Waals surface area (Å²) in [5.74, 6) is 6.67. The van der Waals surface area contributed by atoms with Gasteiger partial charge < -0.3 is 0 Å². The summed E-state index contributed by atoms with van der Waals surface area (Å²) in [6.07, 6.45) is 6.37. The smallest absolute Gasteiger partial charge is 0.0301 e. The van der Waals surface area contributed by atoms with Gasteiger partial charge in [-0.3, -0.25) is 11.3 Å². The highest BCUT2D eigenvalue weighted by Crippen LogP contribution is 2.16. The van der Waals surface area contributed by atoms with Gasteiger partial charge in [0.05, 0.1) is 0 Å². The largest absolute Gasteiger partial charge is 0.271 e. The van der Waals surface area contributed by atoms with E-state index in [4.69, 9.17) is 5.84 Å². The van der Waals surface area contributed by atoms with Crippen LogP contribution in [0.25, 0.3) is 0 Å². The molecule has 0 bridgehead atoms. The first-order valence-electron chi connectivity index (χ1n) is 5.82. The molecule has 2 atom stereocenters. The fraction of sp³-hybridized carbons (Fsp3) is 1.00. The minimum atomic E-state index is 0.501. The average molecular weight is 218 g/mol. The molecule has 0 aliphatic rings. The maximum absolute atomic E-state index is 5.52. The summed E-state index contributed by atoms with van der Waals surface area (Å²) in [5, 5.41) is 0.761. The minimum Gasteiger partial charge on any atom is -0.271 e. The zero-order valence-electron chi connectivity index (χ0n) is 9.88. The van der Waals surface area contributed by atoms with Crippen molar-refractivity contribution in [1.29, 1.82) is 0 Å². The van der Waals surface area contributed by atoms with Crippen LogP contribution in [0, 0.1) is 0 Å². The highest BCUT2D eigenvalue weighted by atomic mass is 32.2. The zero-order chi connectivity index (χ0) is 10.8. The van der Waals surface area contributed by atoms with Crippen molar-refractivity contribution in [2.45, 2.75) is 64.2 Å². The molecule has 0 saturated carbocycles. The number of nitrogens with two attached hydrogens (primary N) is 1. The highest BCUT2D eigenvalue weighted by molar-refractivity contribution is 7.99. The lowest BCUT2D eigenvalue weighted by Gasteiger charge is -2.17. The van der Waals surface area contributed by atoms with E-state index in [1.54, 1.807) is 0 Å². The summed E-state index contributed by atoms with van der Waals surface area (Å²) in [5.41, 5.74) is 2.92. The monoisotopic (exact) mass is 218 g/mol. The first kappa shape index (κ1) is 14.3. The Morgan fingerprint density at radius 2 is 2.00 bits per heavy atom. The molecule has 0 aliphatic heterocycles. The van der Waals surface area contributed by atoms with E-state index >= 15 is 0 Å². The third-order valence-corrected chi connectivity index (χ3v) is 4.05. The van der Waals surface area contributed by atoms with Gasteiger partial charge in [0.25, 0.3) is 0 Å². The molecule has 0 fully saturated rings. The van der Waals surface area contributed by atoms with E-state index in [0.29, 0.717) is 6.04 Å². The third kappa shape index (κ3) is 7.65. The number of thioether (sulfide) groups is 1. The Balaban J connectivity index is 3.47. The molecule has 0 aliphatic carbocycles. The molecule has 2 nitrogen and oxygen atoms in total. The Kier molecular flexibility index (Phi) is 10.0. The Hall–Kier alpha value is 0.270. The number of rotatable bonds is 9. The molecule has 86 valence electrons. The molecular formula is C11H26N2S. The van der Waals surface area contributed by atoms with Gasteiger partial charge in [0, 0.05) is 17.0 Å². The van der Waals surface area contributed by atoms with Crippen LogP contribution in [0.4, 0.5) is 0 Å². The Labute approximate surface area is 93.4 Å². The molecule has 0 rings (SSSR count). The van der Waals surface area contributed by atoms with Crippen LogP contribution >= 0.6 is 11.8 Å². The van der Waals surface area contributed by atoms with Crippen molar-refractivity contribution >= 4 is 11.8 Å². The molecule has 0 amide bonds. The van der Waals surface area contributed by atoms with Crippen molar-refractivity contribution in [1.82, 2.24) is 5.43 Å². The maximum atomic E-state index is 5.52. The van der Waals surface area contributed by atoms with Gasteiger partial charge in [-0.25, -0.2) is 0 Å². The molecule has 14 heavy (non-hydrogen) atoms. The lowest BCUT2D eigenvalue weighted by molar-refractivity contribution is 0.506. The second-order valence-corrected chi connectivity index (χ2v) is 5.38. The van der Waals surface area contributed by atoms with Crippen LogP contribution in [0.3, 0.4) is 0 Å². The normalized spacial score (nSPS) is 15.4. The summed E-state index contributed by atoms with van der Waals surface area (Å²) in [7, 11) is 0. The molecule has 3 heteroatoms. The molecule has 0 spiro atoms. The molecular weight excluding hydrogens is 192 g/mol. The SMILES string of the molecule is CCCCCC(CSC(C)CC)NN. The number of nitrogens with one attached hydrogen (secondary N) is 1. The lowest BCUT2D eigenvalue weighted by Crippen LogP contribution is -2.37. The fourth-order valence-corrected chi connectivity index (χ4v) is 2.31. The standard InChI is InChI=1S/C11H26N2S/c1-4-6-7-8-11(13-12)9-14-10(3)5-2/h10-11,13H,4-9,12H2,1-3H3. The van der Waals surface area contributed by atoms with Gasteiger partial charge in [0.2, 0.25) is 0 Å². The van der Waals surface area contributed by atoms with Crippen LogP contribution in [-0.4, -0.2) is 17.0 Å². The van der Waals surface area contributed by atoms with E-state index in [-0.39, 0.29) is 0 Å². The van der Waals surface area contributed by atoms with E-state index in [9.17, 15) is 0 Å². The van der Waals surface area contributed by atoms with Gasteiger partial charge in [-0.2, -0.15) is 11.8 Å². The molecule has 0 heterocycles. The van der Waals surface area contributed by atoms with Crippen LogP contribution in [0.5, 0.6) is 0 Å². The van der Waals surface area contributed by atoms with Gasteiger partial charge in [-0.05, 0) is 12.8 Å². The van der Waals surface area contributed by atoms with Crippen LogP contribution < -0.4 is 11.3 Å². The number of unbranched alkanes of at least 4 members (excludes halogenated alkanes) is 2. The Morgan fingerprint density at radius 1 is 1.29 bits per heavy atom. The summed E-state index contributed by atoms with van der Waals surface area (Å²) in [6, 6.07) is 0.501. The topological polar surface area (TPSA) is 38.0 Å². The van der Waals surface area contributed by atoms with Crippen molar-refractivity contribution in [2.24, 2.45) is 5.84 Å². The van der Waals surface area contributed by atoms with Crippen LogP contribution in [0.15, 0.2) is 0 Å². The van der Waals surface area contributed by atoms with Crippen LogP contribution in [0.2, 0.25) is 0 Å². The summed E-state index contributed by atoms with van der Waals surface area (Å²) < 4.78 is 0. The minimum absolute atomic E-state index is 0.501. The predicted octanol–water partition coefficient (Wildman–Crippen LogP) is 2.93. The summed E-state index contributed by atoms with van der Waals surface area (Å²) in [4.78, 5) is 0. The van der Waals surface area contributed by atoms with Gasteiger partial charge in [-0.1, -0.05) is 40.0 Å². The van der Waals surface area contributed by atoms with Crippen molar-refractivity contribution in [3.05, 3.63) is 0 Å². The molecule has 0 saturated heterocycles. The molecule has 3 N–H and O–H groups in total. The number of hydrogen-bond acceptors (Lipinski definition) is 3. The van der Waals surface area contributed by atoms with Crippen molar-refractivity contribution in [3.8, 4) is 0 Å². The predicted molar refractivity (Wildman–Crippen MR) is 67.5 cm³/mol. The number of hydrazine groups is 1. The fourth-order valence-electron chi connectivity index (χ4n) is 1.25. The molecule has 0 aromatic carbocycles. The van der Waals surface area contributed by atoms with Crippen molar-refractivity contribution < 1.29 is 0 Å². The molecule has 0 aromatic rings. The second kappa shape index (κ2) is 9.81. The highest BCUT2D eigenvalue weighted by Gasteiger charge is 2.08. The van der Waals surface area contributed by atoms with Crippen molar-refractivity contribution in [2.75, 3.05) is 5.75 Å². The van der Waals surface area contributed by atoms with Gasteiger partial charge in [0.15, 0.2) is 0 Å². The Morgan fingerprint density at radius 3 is 2.50 bits per heavy atom. The van der Waals surface area contributed by atoms with E-state index in [2.05, 4.69) is 26.2 Å². The molecule has 2 unspecified atom stereocenters. The van der Waals surface area contributed by atoms with Crippen LogP contribution in [0.1, 0.15) is 52.9 Å². The van der Waals surface area contributed by atoms with Gasteiger partial charge in [-0.15, -0.1) is 0 Å². The molecule has 0 aromatic heterocycles. The summed E-state index contributed by atoms with van der Waals surface area (Å²) >= 11 is 2.02. The first-order chi connectivity index (χ1) is 6.74. The lowest BCUT2D eigenvalue weighted by atomic mass is 10.1. The van der Waals surface area contributed by atoms with E-state index < -0.39 is 0 Å². The van der Waals surface area contributed by atoms with Gasteiger partial charge in [0.1, 0.15) is 0 Å². The van der Waals surface area contributed by atoms with E-state index in [1.807, 2.05) is 11.8 Å². The Bertz CT molecular complexity index is 120. The third-order valence-electron chi connectivity index (χ3n) is 2.55. The zero-order valence-corrected chi connectivity index (χ0v) is 10.7. The van der Waals surface area contributed by atoms with E-state index in [1.165, 1.54) is 32.1 Å². The van der Waals surface area contributed by atoms with Crippen molar-refractivity contribution in [3.63, 3.8) is 0 Å². The second-order valence-electron chi connectivity index (χ2n) is 3.91. The van der Waals surface area contributed by atoms with Gasteiger partial charge >= 0.3 is 0 Å². The van der Waals surface area contributed by atoms with Crippen LogP contribution in [-0.2, 0) is 0 Å². The summed E-state index contributed by atoms with van der Waals surface area (Å²) in [6.45, 7) is 6.75. The maximum Gasteiger partial charge on any atom is 0.0301 e. The molecule has 0 radical (unpaired) electrons. The number of hydrogen-bond donors (Lipinski definition) is 2. The average Bonchev–Trinajstić information content (AvgIpc) is 2.22.